The number of amides is 2. The molecule has 152 valence electrons. The molecule has 0 saturated heterocycles. The van der Waals surface area contributed by atoms with E-state index in [1.807, 2.05) is 20.8 Å². The smallest absolute Gasteiger partial charge is 0.269 e. The van der Waals surface area contributed by atoms with Crippen molar-refractivity contribution in [3.63, 3.8) is 0 Å². The van der Waals surface area contributed by atoms with Gasteiger partial charge in [-0.1, -0.05) is 6.92 Å². The number of carbonyl (C=O) groups is 2. The Kier molecular flexibility index (Phi) is 5.54. The quantitative estimate of drug-likeness (QED) is 0.607. The molecule has 0 spiro atoms. The van der Waals surface area contributed by atoms with Gasteiger partial charge < -0.3 is 15.0 Å². The summed E-state index contributed by atoms with van der Waals surface area (Å²) in [5.74, 6) is 0.134. The van der Waals surface area contributed by atoms with Crippen molar-refractivity contribution < 1.29 is 19.2 Å². The van der Waals surface area contributed by atoms with E-state index in [2.05, 4.69) is 5.32 Å². The maximum absolute atomic E-state index is 12.9. The van der Waals surface area contributed by atoms with Gasteiger partial charge >= 0.3 is 0 Å². The number of hydrogen-bond donors (Lipinski definition) is 1. The Labute approximate surface area is 168 Å². The van der Waals surface area contributed by atoms with E-state index in [1.165, 1.54) is 24.3 Å². The number of hydrogen-bond acceptors (Lipinski definition) is 5. The van der Waals surface area contributed by atoms with Gasteiger partial charge in [-0.25, -0.2) is 0 Å². The first kappa shape index (κ1) is 20.3. The molecule has 0 radical (unpaired) electrons. The van der Waals surface area contributed by atoms with E-state index in [9.17, 15) is 19.7 Å². The highest BCUT2D eigenvalue weighted by Crippen LogP contribution is 2.38. The number of nitro groups is 1. The third kappa shape index (κ3) is 4.21. The van der Waals surface area contributed by atoms with Gasteiger partial charge in [-0.15, -0.1) is 0 Å². The number of ether oxygens (including phenoxy) is 1. The van der Waals surface area contributed by atoms with Crippen molar-refractivity contribution in [1.82, 2.24) is 0 Å². The average molecular weight is 397 g/mol. The molecule has 29 heavy (non-hydrogen) atoms. The predicted molar refractivity (Wildman–Crippen MR) is 109 cm³/mol. The molecule has 2 aromatic carbocycles. The summed E-state index contributed by atoms with van der Waals surface area (Å²) in [4.78, 5) is 37.3. The molecule has 1 aliphatic heterocycles. The second-order valence-electron chi connectivity index (χ2n) is 7.57. The number of fused-ring (bicyclic) bond motifs is 1. The lowest BCUT2D eigenvalue weighted by Crippen LogP contribution is -2.42. The summed E-state index contributed by atoms with van der Waals surface area (Å²) < 4.78 is 5.89. The van der Waals surface area contributed by atoms with Crippen LogP contribution in [0.25, 0.3) is 0 Å². The van der Waals surface area contributed by atoms with E-state index in [0.29, 0.717) is 29.2 Å². The van der Waals surface area contributed by atoms with Gasteiger partial charge in [-0.05, 0) is 44.5 Å². The van der Waals surface area contributed by atoms with Gasteiger partial charge in [0.2, 0.25) is 5.91 Å². The molecule has 0 saturated carbocycles. The average Bonchev–Trinajstić information content (AvgIpc) is 2.78. The van der Waals surface area contributed by atoms with Gasteiger partial charge in [0, 0.05) is 36.0 Å². The Morgan fingerprint density at radius 3 is 2.55 bits per heavy atom. The molecule has 0 atom stereocenters. The number of nitro benzene ring substituents is 1. The van der Waals surface area contributed by atoms with Crippen LogP contribution in [0.3, 0.4) is 0 Å². The molecule has 2 amide bonds. The standard InChI is InChI=1S/C21H23N3O5/c1-4-11-23-17-10-7-15(12-18(17)29-13-21(2,3)20(23)26)22-19(25)14-5-8-16(9-6-14)24(27)28/h5-10,12H,4,11,13H2,1-3H3,(H,22,25). The second-order valence-corrected chi connectivity index (χ2v) is 7.57. The molecule has 0 aromatic heterocycles. The van der Waals surface area contributed by atoms with Crippen molar-refractivity contribution >= 4 is 28.9 Å². The molecule has 8 heteroatoms. The van der Waals surface area contributed by atoms with Crippen molar-refractivity contribution in [2.45, 2.75) is 27.2 Å². The molecular formula is C21H23N3O5. The highest BCUT2D eigenvalue weighted by Gasteiger charge is 2.37. The number of nitrogens with zero attached hydrogens (tertiary/aromatic N) is 2. The van der Waals surface area contributed by atoms with Gasteiger partial charge in [0.05, 0.1) is 16.0 Å². The first-order valence-corrected chi connectivity index (χ1v) is 9.37. The zero-order valence-corrected chi connectivity index (χ0v) is 16.6. The normalized spacial score (nSPS) is 15.1. The van der Waals surface area contributed by atoms with Crippen LogP contribution in [0.1, 0.15) is 37.6 Å². The maximum atomic E-state index is 12.9. The lowest BCUT2D eigenvalue weighted by Gasteiger charge is -2.27. The summed E-state index contributed by atoms with van der Waals surface area (Å²) in [7, 11) is 0. The minimum absolute atomic E-state index is 0.000709. The van der Waals surface area contributed by atoms with E-state index in [4.69, 9.17) is 4.74 Å². The van der Waals surface area contributed by atoms with Crippen LogP contribution >= 0.6 is 0 Å². The van der Waals surface area contributed by atoms with Crippen LogP contribution < -0.4 is 15.0 Å². The highest BCUT2D eigenvalue weighted by atomic mass is 16.6. The molecule has 1 N–H and O–H groups in total. The third-order valence-corrected chi connectivity index (χ3v) is 4.71. The van der Waals surface area contributed by atoms with Gasteiger partial charge in [-0.2, -0.15) is 0 Å². The molecule has 0 fully saturated rings. The Morgan fingerprint density at radius 1 is 1.24 bits per heavy atom. The van der Waals surface area contributed by atoms with Crippen LogP contribution in [0.5, 0.6) is 5.75 Å². The summed E-state index contributed by atoms with van der Waals surface area (Å²) in [6.07, 6.45) is 0.805. The summed E-state index contributed by atoms with van der Waals surface area (Å²) in [5.41, 5.74) is 0.751. The fourth-order valence-corrected chi connectivity index (χ4v) is 3.11. The summed E-state index contributed by atoms with van der Waals surface area (Å²) in [5, 5.41) is 13.5. The highest BCUT2D eigenvalue weighted by molar-refractivity contribution is 6.05. The summed E-state index contributed by atoms with van der Waals surface area (Å²) >= 11 is 0. The monoisotopic (exact) mass is 397 g/mol. The molecule has 0 aliphatic carbocycles. The Bertz CT molecular complexity index is 953. The zero-order chi connectivity index (χ0) is 21.2. The number of benzene rings is 2. The topological polar surface area (TPSA) is 102 Å². The lowest BCUT2D eigenvalue weighted by molar-refractivity contribution is -0.384. The molecule has 0 bridgehead atoms. The van der Waals surface area contributed by atoms with E-state index in [-0.39, 0.29) is 18.2 Å². The van der Waals surface area contributed by atoms with Crippen molar-refractivity contribution in [3.8, 4) is 5.75 Å². The van der Waals surface area contributed by atoms with E-state index in [1.54, 1.807) is 23.1 Å². The minimum atomic E-state index is -0.656. The first-order chi connectivity index (χ1) is 13.7. The van der Waals surface area contributed by atoms with E-state index >= 15 is 0 Å². The maximum Gasteiger partial charge on any atom is 0.269 e. The number of anilines is 2. The molecular weight excluding hydrogens is 374 g/mol. The lowest BCUT2D eigenvalue weighted by atomic mass is 9.93. The van der Waals surface area contributed by atoms with Crippen molar-refractivity contribution in [1.29, 1.82) is 0 Å². The van der Waals surface area contributed by atoms with Gasteiger partial charge in [0.15, 0.2) is 0 Å². The molecule has 8 nitrogen and oxygen atoms in total. The first-order valence-electron chi connectivity index (χ1n) is 9.37. The van der Waals surface area contributed by atoms with Crippen LogP contribution in [0, 0.1) is 15.5 Å². The van der Waals surface area contributed by atoms with E-state index in [0.717, 1.165) is 6.42 Å². The largest absolute Gasteiger partial charge is 0.490 e. The van der Waals surface area contributed by atoms with Crippen LogP contribution in [0.15, 0.2) is 42.5 Å². The number of non-ortho nitro benzene ring substituents is 1. The second kappa shape index (κ2) is 7.90. The number of rotatable bonds is 5. The Hall–Kier alpha value is -3.42. The fourth-order valence-electron chi connectivity index (χ4n) is 3.11. The van der Waals surface area contributed by atoms with Crippen molar-refractivity contribution in [2.75, 3.05) is 23.4 Å². The number of carbonyl (C=O) groups excluding carboxylic acids is 2. The Morgan fingerprint density at radius 2 is 1.93 bits per heavy atom. The summed E-state index contributed by atoms with van der Waals surface area (Å²) in [6.45, 7) is 6.51. The molecule has 2 aromatic rings. The van der Waals surface area contributed by atoms with Crippen LogP contribution in [0.4, 0.5) is 17.1 Å². The minimum Gasteiger partial charge on any atom is -0.490 e. The van der Waals surface area contributed by atoms with E-state index < -0.39 is 16.2 Å². The van der Waals surface area contributed by atoms with Crippen molar-refractivity contribution in [2.24, 2.45) is 5.41 Å². The zero-order valence-electron chi connectivity index (χ0n) is 16.6. The SMILES string of the molecule is CCCN1C(=O)C(C)(C)COc2cc(NC(=O)c3ccc([N+](=O)[O-])cc3)ccc21. The fraction of sp³-hybridized carbons (Fsp3) is 0.333. The molecule has 3 rings (SSSR count). The predicted octanol–water partition coefficient (Wildman–Crippen LogP) is 4.01. The van der Waals surface area contributed by atoms with Crippen molar-refractivity contribution in [3.05, 3.63) is 58.1 Å². The number of nitrogens with one attached hydrogen (secondary N) is 1. The Balaban J connectivity index is 1.84. The molecule has 0 unspecified atom stereocenters. The van der Waals surface area contributed by atoms with Gasteiger partial charge in [-0.3, -0.25) is 19.7 Å². The van der Waals surface area contributed by atoms with Crippen LogP contribution in [0.2, 0.25) is 0 Å². The molecule has 1 heterocycles. The van der Waals surface area contributed by atoms with Gasteiger partial charge in [0.1, 0.15) is 12.4 Å². The third-order valence-electron chi connectivity index (χ3n) is 4.71. The van der Waals surface area contributed by atoms with Gasteiger partial charge in [0.25, 0.3) is 11.6 Å². The van der Waals surface area contributed by atoms with Crippen LogP contribution in [-0.2, 0) is 4.79 Å². The van der Waals surface area contributed by atoms with Crippen LogP contribution in [-0.4, -0.2) is 29.9 Å². The molecule has 1 aliphatic rings. The summed E-state index contributed by atoms with van der Waals surface area (Å²) in [6, 6.07) is 10.5.